The summed E-state index contributed by atoms with van der Waals surface area (Å²) in [4.78, 5) is 27.0. The molecule has 1 N–H and O–H groups in total. The van der Waals surface area contributed by atoms with Crippen molar-refractivity contribution in [2.45, 2.75) is 19.9 Å². The molecule has 0 aliphatic carbocycles. The average Bonchev–Trinajstić information content (AvgIpc) is 3.03. The van der Waals surface area contributed by atoms with Crippen LogP contribution in [0.2, 0.25) is 5.02 Å². The van der Waals surface area contributed by atoms with E-state index >= 15 is 0 Å². The van der Waals surface area contributed by atoms with Gasteiger partial charge in [0.2, 0.25) is 5.91 Å². The van der Waals surface area contributed by atoms with E-state index in [1.807, 2.05) is 26.0 Å². The fraction of sp³-hybridized carbons (Fsp3) is 0.263. The Bertz CT molecular complexity index is 787. The molecule has 130 valence electrons. The van der Waals surface area contributed by atoms with E-state index < -0.39 is 6.04 Å². The number of benzene rings is 2. The minimum Gasteiger partial charge on any atom is -0.324 e. The van der Waals surface area contributed by atoms with Crippen LogP contribution in [-0.4, -0.2) is 34.4 Å². The SMILES string of the molecule is Cc1cc(C)cc(NC(=O)C2CSCN2C(=O)c2ccc(Cl)cc2)c1. The highest BCUT2D eigenvalue weighted by Crippen LogP contribution is 2.25. The third kappa shape index (κ3) is 4.17. The molecule has 1 atom stereocenters. The molecule has 0 bridgehead atoms. The van der Waals surface area contributed by atoms with E-state index in [4.69, 9.17) is 11.6 Å². The van der Waals surface area contributed by atoms with Crippen molar-refractivity contribution in [3.05, 3.63) is 64.2 Å². The van der Waals surface area contributed by atoms with Crippen LogP contribution in [0.1, 0.15) is 21.5 Å². The second-order valence-corrected chi connectivity index (χ2v) is 7.60. The number of hydrogen-bond donors (Lipinski definition) is 1. The molecule has 1 heterocycles. The van der Waals surface area contributed by atoms with E-state index in [9.17, 15) is 9.59 Å². The Kier molecular flexibility index (Phi) is 5.35. The van der Waals surface area contributed by atoms with Gasteiger partial charge in [-0.1, -0.05) is 17.7 Å². The van der Waals surface area contributed by atoms with E-state index in [1.54, 1.807) is 40.9 Å². The Labute approximate surface area is 156 Å². The average molecular weight is 375 g/mol. The van der Waals surface area contributed by atoms with Gasteiger partial charge in [-0.25, -0.2) is 0 Å². The van der Waals surface area contributed by atoms with E-state index in [1.165, 1.54) is 0 Å². The smallest absolute Gasteiger partial charge is 0.255 e. The monoisotopic (exact) mass is 374 g/mol. The summed E-state index contributed by atoms with van der Waals surface area (Å²) in [6.07, 6.45) is 0. The van der Waals surface area contributed by atoms with E-state index in [0.717, 1.165) is 16.8 Å². The van der Waals surface area contributed by atoms with Crippen LogP contribution < -0.4 is 5.32 Å². The summed E-state index contributed by atoms with van der Waals surface area (Å²) >= 11 is 7.46. The lowest BCUT2D eigenvalue weighted by molar-refractivity contribution is -0.119. The first kappa shape index (κ1) is 17.8. The van der Waals surface area contributed by atoms with Crippen molar-refractivity contribution in [3.63, 3.8) is 0 Å². The fourth-order valence-corrected chi connectivity index (χ4v) is 4.17. The van der Waals surface area contributed by atoms with Crippen molar-refractivity contribution in [2.75, 3.05) is 16.9 Å². The molecule has 4 nitrogen and oxygen atoms in total. The van der Waals surface area contributed by atoms with Crippen molar-refractivity contribution in [1.29, 1.82) is 0 Å². The highest BCUT2D eigenvalue weighted by atomic mass is 35.5. The maximum Gasteiger partial charge on any atom is 0.255 e. The lowest BCUT2D eigenvalue weighted by atomic mass is 10.1. The molecule has 0 aromatic heterocycles. The van der Waals surface area contributed by atoms with Crippen molar-refractivity contribution in [1.82, 2.24) is 4.90 Å². The molecule has 2 aromatic rings. The Morgan fingerprint density at radius 1 is 1.12 bits per heavy atom. The van der Waals surface area contributed by atoms with Crippen molar-refractivity contribution in [3.8, 4) is 0 Å². The minimum absolute atomic E-state index is 0.151. The first-order valence-corrected chi connectivity index (χ1v) is 9.51. The minimum atomic E-state index is -0.478. The molecule has 0 spiro atoms. The van der Waals surface area contributed by atoms with Crippen molar-refractivity contribution in [2.24, 2.45) is 0 Å². The topological polar surface area (TPSA) is 49.4 Å². The Hall–Kier alpha value is -1.98. The summed E-state index contributed by atoms with van der Waals surface area (Å²) in [5, 5.41) is 3.52. The molecule has 2 amide bonds. The van der Waals surface area contributed by atoms with Gasteiger partial charge in [-0.05, 0) is 61.4 Å². The van der Waals surface area contributed by atoms with E-state index in [-0.39, 0.29) is 11.8 Å². The van der Waals surface area contributed by atoms with Gasteiger partial charge in [-0.15, -0.1) is 11.8 Å². The summed E-state index contributed by atoms with van der Waals surface area (Å²) in [6.45, 7) is 3.98. The van der Waals surface area contributed by atoms with Crippen LogP contribution in [0, 0.1) is 13.8 Å². The predicted molar refractivity (Wildman–Crippen MR) is 103 cm³/mol. The van der Waals surface area contributed by atoms with Crippen LogP contribution in [0.15, 0.2) is 42.5 Å². The van der Waals surface area contributed by atoms with Crippen molar-refractivity contribution >= 4 is 40.9 Å². The Morgan fingerprint density at radius 2 is 1.76 bits per heavy atom. The summed E-state index contributed by atoms with van der Waals surface area (Å²) in [5.41, 5.74) is 3.48. The van der Waals surface area contributed by atoms with Crippen molar-refractivity contribution < 1.29 is 9.59 Å². The normalized spacial score (nSPS) is 16.8. The van der Waals surface area contributed by atoms with Gasteiger partial charge in [0.05, 0.1) is 5.88 Å². The highest BCUT2D eigenvalue weighted by molar-refractivity contribution is 7.99. The van der Waals surface area contributed by atoms with Crippen LogP contribution in [0.3, 0.4) is 0 Å². The number of aryl methyl sites for hydroxylation is 2. The molecular weight excluding hydrogens is 356 g/mol. The third-order valence-electron chi connectivity index (χ3n) is 4.03. The number of rotatable bonds is 3. The first-order chi connectivity index (χ1) is 11.9. The summed E-state index contributed by atoms with van der Waals surface area (Å²) < 4.78 is 0. The van der Waals surface area contributed by atoms with Crippen LogP contribution >= 0.6 is 23.4 Å². The van der Waals surface area contributed by atoms with Gasteiger partial charge in [0.25, 0.3) is 5.91 Å². The lowest BCUT2D eigenvalue weighted by Crippen LogP contribution is -2.44. The molecule has 6 heteroatoms. The molecule has 1 saturated heterocycles. The number of carbonyl (C=O) groups excluding carboxylic acids is 2. The maximum atomic E-state index is 12.7. The van der Waals surface area contributed by atoms with Gasteiger partial charge in [0.15, 0.2) is 0 Å². The first-order valence-electron chi connectivity index (χ1n) is 7.97. The zero-order valence-corrected chi connectivity index (χ0v) is 15.7. The van der Waals surface area contributed by atoms with Crippen LogP contribution in [0.4, 0.5) is 5.69 Å². The lowest BCUT2D eigenvalue weighted by Gasteiger charge is -2.23. The predicted octanol–water partition coefficient (Wildman–Crippen LogP) is 4.11. The van der Waals surface area contributed by atoms with Gasteiger partial charge in [0, 0.05) is 22.0 Å². The van der Waals surface area contributed by atoms with Gasteiger partial charge >= 0.3 is 0 Å². The van der Waals surface area contributed by atoms with Crippen LogP contribution in [0.25, 0.3) is 0 Å². The maximum absolute atomic E-state index is 12.7. The standard InChI is InChI=1S/C19H19ClN2O2S/c1-12-7-13(2)9-16(8-12)21-18(23)17-10-25-11-22(17)19(24)14-3-5-15(20)6-4-14/h3-9,17H,10-11H2,1-2H3,(H,21,23). The van der Waals surface area contributed by atoms with Gasteiger partial charge < -0.3 is 10.2 Å². The largest absolute Gasteiger partial charge is 0.324 e. The van der Waals surface area contributed by atoms with E-state index in [2.05, 4.69) is 11.4 Å². The molecule has 1 unspecified atom stereocenters. The van der Waals surface area contributed by atoms with E-state index in [0.29, 0.717) is 22.2 Å². The number of hydrogen-bond acceptors (Lipinski definition) is 3. The highest BCUT2D eigenvalue weighted by Gasteiger charge is 2.35. The van der Waals surface area contributed by atoms with Crippen LogP contribution in [0.5, 0.6) is 0 Å². The quantitative estimate of drug-likeness (QED) is 0.879. The summed E-state index contributed by atoms with van der Waals surface area (Å²) in [6, 6.07) is 12.2. The summed E-state index contributed by atoms with van der Waals surface area (Å²) in [7, 11) is 0. The zero-order valence-electron chi connectivity index (χ0n) is 14.1. The fourth-order valence-electron chi connectivity index (χ4n) is 2.89. The van der Waals surface area contributed by atoms with Gasteiger partial charge in [-0.3, -0.25) is 9.59 Å². The second kappa shape index (κ2) is 7.50. The second-order valence-electron chi connectivity index (χ2n) is 6.16. The Morgan fingerprint density at radius 3 is 2.40 bits per heavy atom. The molecule has 25 heavy (non-hydrogen) atoms. The van der Waals surface area contributed by atoms with Gasteiger partial charge in [-0.2, -0.15) is 0 Å². The molecule has 0 saturated carbocycles. The number of thioether (sulfide) groups is 1. The number of anilines is 1. The zero-order chi connectivity index (χ0) is 18.0. The number of carbonyl (C=O) groups is 2. The molecule has 2 aromatic carbocycles. The van der Waals surface area contributed by atoms with Gasteiger partial charge in [0.1, 0.15) is 6.04 Å². The molecule has 0 radical (unpaired) electrons. The molecule has 1 aliphatic heterocycles. The number of nitrogens with zero attached hydrogens (tertiary/aromatic N) is 1. The summed E-state index contributed by atoms with van der Waals surface area (Å²) in [5.74, 6) is 0.794. The number of amides is 2. The number of halogens is 1. The molecular formula is C19H19ClN2O2S. The molecule has 1 fully saturated rings. The third-order valence-corrected chi connectivity index (χ3v) is 5.29. The Balaban J connectivity index is 1.75. The number of nitrogens with one attached hydrogen (secondary N) is 1. The molecule has 3 rings (SSSR count). The van der Waals surface area contributed by atoms with Crippen LogP contribution in [-0.2, 0) is 4.79 Å². The molecule has 1 aliphatic rings.